The Hall–Kier alpha value is -3.09. The molecule has 1 N–H and O–H groups in total. The van der Waals surface area contributed by atoms with E-state index in [0.717, 1.165) is 23.3 Å². The van der Waals surface area contributed by atoms with Gasteiger partial charge in [-0.15, -0.1) is 0 Å². The predicted molar refractivity (Wildman–Crippen MR) is 100 cm³/mol. The SMILES string of the molecule is CCOc1cc2c(cc1CNC(=O)c1ccc(C)c([N+](=O)[O-])c1)OC(C)C2. The number of nitro benzene ring substituents is 1. The van der Waals surface area contributed by atoms with Crippen molar-refractivity contribution in [3.63, 3.8) is 0 Å². The summed E-state index contributed by atoms with van der Waals surface area (Å²) >= 11 is 0. The molecule has 0 fully saturated rings. The van der Waals surface area contributed by atoms with E-state index in [9.17, 15) is 14.9 Å². The molecule has 1 unspecified atom stereocenters. The number of ether oxygens (including phenoxy) is 2. The average molecular weight is 370 g/mol. The number of rotatable bonds is 6. The van der Waals surface area contributed by atoms with E-state index < -0.39 is 4.92 Å². The van der Waals surface area contributed by atoms with Gasteiger partial charge in [0.15, 0.2) is 0 Å². The third-order valence-corrected chi connectivity index (χ3v) is 4.49. The average Bonchev–Trinajstić information content (AvgIpc) is 2.98. The van der Waals surface area contributed by atoms with Crippen molar-refractivity contribution < 1.29 is 19.2 Å². The first-order chi connectivity index (χ1) is 12.9. The van der Waals surface area contributed by atoms with Crippen LogP contribution in [0.1, 0.15) is 40.9 Å². The Morgan fingerprint density at radius 1 is 1.37 bits per heavy atom. The number of benzene rings is 2. The topological polar surface area (TPSA) is 90.7 Å². The summed E-state index contributed by atoms with van der Waals surface area (Å²) in [6.45, 7) is 6.30. The van der Waals surface area contributed by atoms with Crippen molar-refractivity contribution in [1.82, 2.24) is 5.32 Å². The van der Waals surface area contributed by atoms with Crippen LogP contribution in [0.15, 0.2) is 30.3 Å². The normalized spacial score (nSPS) is 15.0. The Kier molecular flexibility index (Phi) is 5.30. The molecule has 1 atom stereocenters. The summed E-state index contributed by atoms with van der Waals surface area (Å²) in [7, 11) is 0. The molecule has 142 valence electrons. The van der Waals surface area contributed by atoms with Gasteiger partial charge in [0, 0.05) is 41.3 Å². The van der Waals surface area contributed by atoms with Gasteiger partial charge < -0.3 is 14.8 Å². The largest absolute Gasteiger partial charge is 0.494 e. The highest BCUT2D eigenvalue weighted by Crippen LogP contribution is 2.35. The van der Waals surface area contributed by atoms with Crippen molar-refractivity contribution in [2.45, 2.75) is 39.8 Å². The highest BCUT2D eigenvalue weighted by molar-refractivity contribution is 5.95. The Morgan fingerprint density at radius 2 is 2.15 bits per heavy atom. The molecule has 2 aromatic carbocycles. The number of fused-ring (bicyclic) bond motifs is 1. The molecule has 2 aromatic rings. The van der Waals surface area contributed by atoms with Gasteiger partial charge in [-0.1, -0.05) is 6.07 Å². The fourth-order valence-corrected chi connectivity index (χ4v) is 3.13. The second kappa shape index (κ2) is 7.65. The molecule has 1 amide bonds. The predicted octanol–water partition coefficient (Wildman–Crippen LogP) is 3.56. The summed E-state index contributed by atoms with van der Waals surface area (Å²) in [5.41, 5.74) is 2.59. The van der Waals surface area contributed by atoms with E-state index in [1.165, 1.54) is 6.07 Å². The minimum atomic E-state index is -0.488. The number of nitrogens with zero attached hydrogens (tertiary/aromatic N) is 1. The molecule has 0 saturated heterocycles. The van der Waals surface area contributed by atoms with Crippen LogP contribution in [0.2, 0.25) is 0 Å². The van der Waals surface area contributed by atoms with E-state index in [1.54, 1.807) is 19.1 Å². The molecule has 0 aliphatic carbocycles. The highest BCUT2D eigenvalue weighted by Gasteiger charge is 2.22. The number of nitro groups is 1. The van der Waals surface area contributed by atoms with E-state index in [2.05, 4.69) is 5.32 Å². The van der Waals surface area contributed by atoms with E-state index >= 15 is 0 Å². The molecule has 1 aliphatic heterocycles. The van der Waals surface area contributed by atoms with Crippen LogP contribution in [-0.2, 0) is 13.0 Å². The van der Waals surface area contributed by atoms with Gasteiger partial charge in [0.05, 0.1) is 11.5 Å². The molecule has 0 aromatic heterocycles. The number of amides is 1. The van der Waals surface area contributed by atoms with Gasteiger partial charge in [0.25, 0.3) is 11.6 Å². The molecule has 0 bridgehead atoms. The minimum Gasteiger partial charge on any atom is -0.494 e. The molecule has 0 saturated carbocycles. The molecule has 7 nitrogen and oxygen atoms in total. The number of hydrogen-bond donors (Lipinski definition) is 1. The van der Waals surface area contributed by atoms with Gasteiger partial charge in [0.1, 0.15) is 17.6 Å². The van der Waals surface area contributed by atoms with Crippen LogP contribution in [-0.4, -0.2) is 23.5 Å². The highest BCUT2D eigenvalue weighted by atomic mass is 16.6. The Balaban J connectivity index is 1.78. The third kappa shape index (κ3) is 4.02. The van der Waals surface area contributed by atoms with Crippen LogP contribution in [0, 0.1) is 17.0 Å². The van der Waals surface area contributed by atoms with Crippen molar-refractivity contribution in [3.8, 4) is 11.5 Å². The van der Waals surface area contributed by atoms with Crippen LogP contribution in [0.25, 0.3) is 0 Å². The van der Waals surface area contributed by atoms with Gasteiger partial charge >= 0.3 is 0 Å². The summed E-state index contributed by atoms with van der Waals surface area (Å²) in [5, 5.41) is 13.9. The Morgan fingerprint density at radius 3 is 2.85 bits per heavy atom. The fraction of sp³-hybridized carbons (Fsp3) is 0.350. The molecule has 7 heteroatoms. The van der Waals surface area contributed by atoms with Crippen molar-refractivity contribution in [3.05, 3.63) is 62.7 Å². The Bertz CT molecular complexity index is 894. The van der Waals surface area contributed by atoms with Crippen molar-refractivity contribution >= 4 is 11.6 Å². The van der Waals surface area contributed by atoms with Crippen LogP contribution in [0.4, 0.5) is 5.69 Å². The molecule has 27 heavy (non-hydrogen) atoms. The summed E-state index contributed by atoms with van der Waals surface area (Å²) in [4.78, 5) is 23.0. The first-order valence-corrected chi connectivity index (χ1v) is 8.87. The molecule has 0 radical (unpaired) electrons. The summed E-state index contributed by atoms with van der Waals surface area (Å²) in [6, 6.07) is 8.29. The molecule has 0 spiro atoms. The van der Waals surface area contributed by atoms with Gasteiger partial charge in [-0.3, -0.25) is 14.9 Å². The van der Waals surface area contributed by atoms with E-state index in [4.69, 9.17) is 9.47 Å². The van der Waals surface area contributed by atoms with Gasteiger partial charge in [0.2, 0.25) is 0 Å². The molecule has 3 rings (SSSR count). The lowest BCUT2D eigenvalue weighted by atomic mass is 10.1. The molecule has 1 aliphatic rings. The lowest BCUT2D eigenvalue weighted by Gasteiger charge is -2.13. The van der Waals surface area contributed by atoms with Crippen molar-refractivity contribution in [2.24, 2.45) is 0 Å². The van der Waals surface area contributed by atoms with Crippen LogP contribution in [0.5, 0.6) is 11.5 Å². The van der Waals surface area contributed by atoms with Crippen molar-refractivity contribution in [1.29, 1.82) is 0 Å². The monoisotopic (exact) mass is 370 g/mol. The lowest BCUT2D eigenvalue weighted by Crippen LogP contribution is -2.23. The van der Waals surface area contributed by atoms with Crippen LogP contribution in [0.3, 0.4) is 0 Å². The zero-order chi connectivity index (χ0) is 19.6. The van der Waals surface area contributed by atoms with Gasteiger partial charge in [-0.25, -0.2) is 0 Å². The second-order valence-corrected chi connectivity index (χ2v) is 6.57. The van der Waals surface area contributed by atoms with Gasteiger partial charge in [-0.05, 0) is 39.0 Å². The van der Waals surface area contributed by atoms with Gasteiger partial charge in [-0.2, -0.15) is 0 Å². The third-order valence-electron chi connectivity index (χ3n) is 4.49. The molecule has 1 heterocycles. The Labute approximate surface area is 157 Å². The maximum absolute atomic E-state index is 12.5. The standard InChI is InChI=1S/C20H22N2O5/c1-4-26-18-9-15-7-13(3)27-19(15)10-16(18)11-21-20(23)14-6-5-12(2)17(8-14)22(24)25/h5-6,8-10,13H,4,7,11H2,1-3H3,(H,21,23). The zero-order valence-electron chi connectivity index (χ0n) is 15.6. The number of aryl methyl sites for hydroxylation is 1. The first-order valence-electron chi connectivity index (χ1n) is 8.87. The van der Waals surface area contributed by atoms with Crippen LogP contribution >= 0.6 is 0 Å². The van der Waals surface area contributed by atoms with E-state index in [-0.39, 0.29) is 29.8 Å². The van der Waals surface area contributed by atoms with E-state index in [1.807, 2.05) is 26.0 Å². The summed E-state index contributed by atoms with van der Waals surface area (Å²) in [5.74, 6) is 1.14. The molecular formula is C20H22N2O5. The second-order valence-electron chi connectivity index (χ2n) is 6.57. The smallest absolute Gasteiger partial charge is 0.273 e. The number of nitrogens with one attached hydrogen (secondary N) is 1. The lowest BCUT2D eigenvalue weighted by molar-refractivity contribution is -0.385. The number of hydrogen-bond acceptors (Lipinski definition) is 5. The molecular weight excluding hydrogens is 348 g/mol. The van der Waals surface area contributed by atoms with E-state index in [0.29, 0.717) is 17.9 Å². The number of carbonyl (C=O) groups is 1. The minimum absolute atomic E-state index is 0.0717. The maximum atomic E-state index is 12.5. The summed E-state index contributed by atoms with van der Waals surface area (Å²) in [6.07, 6.45) is 0.946. The fourth-order valence-electron chi connectivity index (χ4n) is 3.13. The van der Waals surface area contributed by atoms with Crippen LogP contribution < -0.4 is 14.8 Å². The zero-order valence-corrected chi connectivity index (χ0v) is 15.6. The quantitative estimate of drug-likeness (QED) is 0.620. The first kappa shape index (κ1) is 18.7. The van der Waals surface area contributed by atoms with Crippen molar-refractivity contribution in [2.75, 3.05) is 6.61 Å². The number of carbonyl (C=O) groups excluding carboxylic acids is 1. The summed E-state index contributed by atoms with van der Waals surface area (Å²) < 4.78 is 11.5. The maximum Gasteiger partial charge on any atom is 0.273 e.